The fourth-order valence-electron chi connectivity index (χ4n) is 1.67. The van der Waals surface area contributed by atoms with Crippen LogP contribution in [0.1, 0.15) is 17.3 Å². The van der Waals surface area contributed by atoms with E-state index in [1.807, 2.05) is 0 Å². The first-order valence-corrected chi connectivity index (χ1v) is 8.66. The molecule has 0 radical (unpaired) electrons. The average molecular weight is 339 g/mol. The highest BCUT2D eigenvalue weighted by molar-refractivity contribution is 7.98. The Morgan fingerprint density at radius 1 is 1.43 bits per heavy atom. The number of hydrogen-bond donors (Lipinski definition) is 1. The molecule has 1 aromatic rings. The Morgan fingerprint density at radius 3 is 2.48 bits per heavy atom. The van der Waals surface area contributed by atoms with E-state index >= 15 is 0 Å². The zero-order valence-electron chi connectivity index (χ0n) is 11.6. The van der Waals surface area contributed by atoms with Gasteiger partial charge in [-0.25, -0.2) is 22.0 Å². The molecule has 0 heterocycles. The van der Waals surface area contributed by atoms with Crippen molar-refractivity contribution in [3.05, 3.63) is 29.3 Å². The van der Waals surface area contributed by atoms with E-state index in [-0.39, 0.29) is 0 Å². The largest absolute Gasteiger partial charge is 0.477 e. The van der Waals surface area contributed by atoms with Gasteiger partial charge in [-0.2, -0.15) is 16.1 Å². The van der Waals surface area contributed by atoms with E-state index in [4.69, 9.17) is 5.11 Å². The Bertz CT molecular complexity index is 649. The first-order chi connectivity index (χ1) is 9.64. The standard InChI is InChI=1S/C12H15F2NO4S2/c1-7(6-20-3)15(2)21(18,19)9-5-4-8(13)10(11(9)14)12(16)17/h4-5,7H,6H2,1-3H3,(H,16,17). The zero-order valence-corrected chi connectivity index (χ0v) is 13.3. The monoisotopic (exact) mass is 339 g/mol. The number of benzene rings is 1. The van der Waals surface area contributed by atoms with Gasteiger partial charge in [0.05, 0.1) is 0 Å². The van der Waals surface area contributed by atoms with E-state index in [2.05, 4.69) is 0 Å². The van der Waals surface area contributed by atoms with Crippen LogP contribution in [0.4, 0.5) is 8.78 Å². The molecule has 0 saturated heterocycles. The third kappa shape index (κ3) is 3.53. The molecular formula is C12H15F2NO4S2. The van der Waals surface area contributed by atoms with Crippen LogP contribution >= 0.6 is 11.8 Å². The minimum absolute atomic E-state index is 0.428. The van der Waals surface area contributed by atoms with E-state index in [0.29, 0.717) is 11.8 Å². The predicted molar refractivity (Wildman–Crippen MR) is 76.1 cm³/mol. The van der Waals surface area contributed by atoms with Crippen LogP contribution in [0, 0.1) is 11.6 Å². The second kappa shape index (κ2) is 6.71. The summed E-state index contributed by atoms with van der Waals surface area (Å²) in [5.74, 6) is -4.30. The van der Waals surface area contributed by atoms with E-state index in [1.165, 1.54) is 18.8 Å². The lowest BCUT2D eigenvalue weighted by molar-refractivity contribution is 0.0685. The summed E-state index contributed by atoms with van der Waals surface area (Å²) in [5.41, 5.74) is -1.28. The lowest BCUT2D eigenvalue weighted by Gasteiger charge is -2.24. The normalized spacial score (nSPS) is 13.4. The molecule has 0 fully saturated rings. The minimum atomic E-state index is -4.25. The molecule has 0 saturated carbocycles. The van der Waals surface area contributed by atoms with Crippen molar-refractivity contribution in [3.8, 4) is 0 Å². The number of halogens is 2. The fourth-order valence-corrected chi connectivity index (χ4v) is 3.89. The lowest BCUT2D eigenvalue weighted by atomic mass is 10.2. The van der Waals surface area contributed by atoms with Crippen molar-refractivity contribution >= 4 is 27.8 Å². The van der Waals surface area contributed by atoms with Crippen molar-refractivity contribution in [2.45, 2.75) is 17.9 Å². The van der Waals surface area contributed by atoms with Crippen molar-refractivity contribution in [2.75, 3.05) is 19.1 Å². The maximum atomic E-state index is 14.1. The van der Waals surface area contributed by atoms with Crippen LogP contribution in [-0.2, 0) is 10.0 Å². The first-order valence-electron chi connectivity index (χ1n) is 5.82. The summed E-state index contributed by atoms with van der Waals surface area (Å²) in [6.45, 7) is 1.63. The van der Waals surface area contributed by atoms with Gasteiger partial charge in [0.25, 0.3) is 0 Å². The molecule has 0 aliphatic heterocycles. The molecule has 21 heavy (non-hydrogen) atoms. The molecule has 1 aromatic carbocycles. The molecule has 9 heteroatoms. The summed E-state index contributed by atoms with van der Waals surface area (Å²) in [5, 5.41) is 8.78. The Kier molecular flexibility index (Phi) is 5.71. The molecule has 1 unspecified atom stereocenters. The van der Waals surface area contributed by atoms with Crippen LogP contribution < -0.4 is 0 Å². The second-order valence-electron chi connectivity index (χ2n) is 4.37. The van der Waals surface area contributed by atoms with Crippen molar-refractivity contribution in [1.29, 1.82) is 0 Å². The number of sulfonamides is 1. The highest BCUT2D eigenvalue weighted by Crippen LogP contribution is 2.25. The van der Waals surface area contributed by atoms with Crippen LogP contribution in [0.25, 0.3) is 0 Å². The number of hydrogen-bond acceptors (Lipinski definition) is 4. The molecule has 0 aromatic heterocycles. The minimum Gasteiger partial charge on any atom is -0.477 e. The zero-order chi connectivity index (χ0) is 16.4. The van der Waals surface area contributed by atoms with Gasteiger partial charge in [-0.3, -0.25) is 0 Å². The predicted octanol–water partition coefficient (Wildman–Crippen LogP) is 2.04. The number of carboxylic acid groups (broad SMARTS) is 1. The van der Waals surface area contributed by atoms with Gasteiger partial charge < -0.3 is 5.11 Å². The van der Waals surface area contributed by atoms with Crippen LogP contribution in [0.3, 0.4) is 0 Å². The molecule has 0 amide bonds. The number of carboxylic acids is 1. The maximum Gasteiger partial charge on any atom is 0.341 e. The van der Waals surface area contributed by atoms with Gasteiger partial charge in [0.15, 0.2) is 5.82 Å². The molecule has 0 aliphatic rings. The number of rotatable bonds is 6. The fraction of sp³-hybridized carbons (Fsp3) is 0.417. The number of aromatic carboxylic acids is 1. The summed E-state index contributed by atoms with van der Waals surface area (Å²) in [6, 6.07) is 0.934. The van der Waals surface area contributed by atoms with Gasteiger partial charge in [-0.15, -0.1) is 0 Å². The van der Waals surface area contributed by atoms with Crippen molar-refractivity contribution in [3.63, 3.8) is 0 Å². The Labute approximate surface area is 126 Å². The third-order valence-electron chi connectivity index (χ3n) is 2.96. The topological polar surface area (TPSA) is 74.7 Å². The summed E-state index contributed by atoms with van der Waals surface area (Å²) in [6.07, 6.45) is 1.79. The number of nitrogens with zero attached hydrogens (tertiary/aromatic N) is 1. The van der Waals surface area contributed by atoms with Crippen LogP contribution in [-0.4, -0.2) is 48.9 Å². The van der Waals surface area contributed by atoms with Crippen molar-refractivity contribution < 1.29 is 27.1 Å². The molecule has 0 bridgehead atoms. The summed E-state index contributed by atoms with van der Waals surface area (Å²) < 4.78 is 52.9. The molecule has 1 rings (SSSR count). The Balaban J connectivity index is 3.40. The molecule has 1 N–H and O–H groups in total. The highest BCUT2D eigenvalue weighted by atomic mass is 32.2. The van der Waals surface area contributed by atoms with Crippen LogP contribution in [0.2, 0.25) is 0 Å². The van der Waals surface area contributed by atoms with Gasteiger partial charge in [0, 0.05) is 18.8 Å². The van der Waals surface area contributed by atoms with E-state index in [9.17, 15) is 22.0 Å². The summed E-state index contributed by atoms with van der Waals surface area (Å²) in [4.78, 5) is 9.99. The first kappa shape index (κ1) is 17.9. The number of thioether (sulfide) groups is 1. The Hall–Kier alpha value is -1.19. The Morgan fingerprint density at radius 2 is 2.00 bits per heavy atom. The second-order valence-corrected chi connectivity index (χ2v) is 7.24. The maximum absolute atomic E-state index is 14.1. The molecule has 1 atom stereocenters. The van der Waals surface area contributed by atoms with Crippen molar-refractivity contribution in [1.82, 2.24) is 4.31 Å². The summed E-state index contributed by atoms with van der Waals surface area (Å²) >= 11 is 1.41. The lowest BCUT2D eigenvalue weighted by Crippen LogP contribution is -2.37. The van der Waals surface area contributed by atoms with Crippen molar-refractivity contribution in [2.24, 2.45) is 0 Å². The van der Waals surface area contributed by atoms with Gasteiger partial charge in [0.2, 0.25) is 10.0 Å². The van der Waals surface area contributed by atoms with Gasteiger partial charge in [-0.1, -0.05) is 0 Å². The van der Waals surface area contributed by atoms with Gasteiger partial charge in [0.1, 0.15) is 16.3 Å². The highest BCUT2D eigenvalue weighted by Gasteiger charge is 2.31. The smallest absolute Gasteiger partial charge is 0.341 e. The molecule has 0 spiro atoms. The van der Waals surface area contributed by atoms with Gasteiger partial charge >= 0.3 is 5.97 Å². The van der Waals surface area contributed by atoms with E-state index in [0.717, 1.165) is 10.4 Å². The molecule has 0 aliphatic carbocycles. The quantitative estimate of drug-likeness (QED) is 0.858. The van der Waals surface area contributed by atoms with Gasteiger partial charge in [-0.05, 0) is 25.3 Å². The molecule has 5 nitrogen and oxygen atoms in total. The van der Waals surface area contributed by atoms with E-state index < -0.39 is 44.1 Å². The number of carbonyl (C=O) groups is 1. The summed E-state index contributed by atoms with van der Waals surface area (Å²) in [7, 11) is -2.99. The average Bonchev–Trinajstić information content (AvgIpc) is 2.37. The van der Waals surface area contributed by atoms with Crippen LogP contribution in [0.5, 0.6) is 0 Å². The SMILES string of the molecule is CSCC(C)N(C)S(=O)(=O)c1ccc(F)c(C(=O)O)c1F. The molecule has 118 valence electrons. The van der Waals surface area contributed by atoms with E-state index in [1.54, 1.807) is 13.2 Å². The third-order valence-corrected chi connectivity index (χ3v) is 5.76. The molecular weight excluding hydrogens is 324 g/mol. The van der Waals surface area contributed by atoms with Crippen LogP contribution in [0.15, 0.2) is 17.0 Å².